The first kappa shape index (κ1) is 11.3. The van der Waals surface area contributed by atoms with Crippen LogP contribution in [-0.2, 0) is 9.31 Å². The van der Waals surface area contributed by atoms with Crippen LogP contribution in [0.4, 0.5) is 8.78 Å². The van der Waals surface area contributed by atoms with Gasteiger partial charge in [0.1, 0.15) is 0 Å². The fourth-order valence-corrected chi connectivity index (χ4v) is 1.98. The van der Waals surface area contributed by atoms with Gasteiger partial charge in [-0.3, -0.25) is 0 Å². The molecule has 0 atom stereocenters. The van der Waals surface area contributed by atoms with Gasteiger partial charge in [-0.25, -0.2) is 8.78 Å². The Balaban J connectivity index is 1.99. The molecular formula is C10H17BF2O2. The average molecular weight is 218 g/mol. The minimum absolute atomic E-state index is 0.107. The molecule has 0 amide bonds. The summed E-state index contributed by atoms with van der Waals surface area (Å²) in [5, 5.41) is 0. The van der Waals surface area contributed by atoms with Crippen LogP contribution in [0.2, 0.25) is 5.82 Å². The van der Waals surface area contributed by atoms with Crippen molar-refractivity contribution < 1.29 is 18.1 Å². The molecule has 1 saturated carbocycles. The van der Waals surface area contributed by atoms with E-state index < -0.39 is 24.2 Å². The van der Waals surface area contributed by atoms with Gasteiger partial charge in [0.15, 0.2) is 0 Å². The van der Waals surface area contributed by atoms with E-state index in [-0.39, 0.29) is 18.7 Å². The Bertz CT molecular complexity index is 255. The predicted octanol–water partition coefficient (Wildman–Crippen LogP) is 2.88. The van der Waals surface area contributed by atoms with Gasteiger partial charge in [0.25, 0.3) is 0 Å². The molecule has 0 bridgehead atoms. The number of hydrogen-bond acceptors (Lipinski definition) is 2. The van der Waals surface area contributed by atoms with Gasteiger partial charge < -0.3 is 9.31 Å². The molecule has 15 heavy (non-hydrogen) atoms. The molecule has 2 aliphatic rings. The molecule has 1 saturated heterocycles. The normalized spacial score (nSPS) is 32.8. The smallest absolute Gasteiger partial charge is 0.403 e. The summed E-state index contributed by atoms with van der Waals surface area (Å²) in [4.78, 5) is 0. The van der Waals surface area contributed by atoms with E-state index in [1.54, 1.807) is 0 Å². The summed E-state index contributed by atoms with van der Waals surface area (Å²) >= 11 is 0. The van der Waals surface area contributed by atoms with Gasteiger partial charge in [-0.2, -0.15) is 0 Å². The molecule has 5 heteroatoms. The number of halogens is 2. The average Bonchev–Trinajstić information content (AvgIpc) is 2.16. The number of rotatable bonds is 1. The second-order valence-corrected chi connectivity index (χ2v) is 5.65. The molecule has 0 aromatic heterocycles. The van der Waals surface area contributed by atoms with Gasteiger partial charge in [0.05, 0.1) is 11.2 Å². The Kier molecular flexibility index (Phi) is 2.23. The first-order chi connectivity index (χ1) is 6.63. The van der Waals surface area contributed by atoms with Crippen molar-refractivity contribution >= 4 is 7.12 Å². The predicted molar refractivity (Wildman–Crippen MR) is 54.0 cm³/mol. The van der Waals surface area contributed by atoms with Crippen molar-refractivity contribution in [3.8, 4) is 0 Å². The number of hydrogen-bond donors (Lipinski definition) is 0. The lowest BCUT2D eigenvalue weighted by Gasteiger charge is -2.35. The highest BCUT2D eigenvalue weighted by Gasteiger charge is 2.60. The van der Waals surface area contributed by atoms with E-state index >= 15 is 0 Å². The molecule has 2 fully saturated rings. The molecular weight excluding hydrogens is 201 g/mol. The molecule has 0 unspecified atom stereocenters. The maximum Gasteiger partial charge on any atom is 0.461 e. The minimum Gasteiger partial charge on any atom is -0.403 e. The molecule has 1 heterocycles. The fourth-order valence-electron chi connectivity index (χ4n) is 1.98. The van der Waals surface area contributed by atoms with E-state index in [0.717, 1.165) is 0 Å². The molecule has 2 rings (SSSR count). The standard InChI is InChI=1S/C10H17BF2O2/c1-8(2)9(3,4)15-11(14-8)7-5-10(12,13)6-7/h7H,5-6H2,1-4H3. The van der Waals surface area contributed by atoms with Gasteiger partial charge >= 0.3 is 7.12 Å². The van der Waals surface area contributed by atoms with E-state index in [9.17, 15) is 8.78 Å². The monoisotopic (exact) mass is 218 g/mol. The third-order valence-corrected chi connectivity index (χ3v) is 3.78. The van der Waals surface area contributed by atoms with Gasteiger partial charge in [-0.15, -0.1) is 0 Å². The Morgan fingerprint density at radius 3 is 1.73 bits per heavy atom. The maximum atomic E-state index is 12.7. The molecule has 1 aliphatic heterocycles. The molecule has 0 radical (unpaired) electrons. The first-order valence-electron chi connectivity index (χ1n) is 5.36. The van der Waals surface area contributed by atoms with Crippen molar-refractivity contribution in [2.24, 2.45) is 0 Å². The zero-order valence-corrected chi connectivity index (χ0v) is 9.64. The summed E-state index contributed by atoms with van der Waals surface area (Å²) in [6, 6.07) is 0. The minimum atomic E-state index is -2.51. The highest BCUT2D eigenvalue weighted by Crippen LogP contribution is 2.52. The Morgan fingerprint density at radius 1 is 1.00 bits per heavy atom. The van der Waals surface area contributed by atoms with Crippen LogP contribution in [0.1, 0.15) is 40.5 Å². The first-order valence-corrected chi connectivity index (χ1v) is 5.36. The van der Waals surface area contributed by atoms with Crippen LogP contribution in [0.25, 0.3) is 0 Å². The van der Waals surface area contributed by atoms with Crippen LogP contribution in [0.3, 0.4) is 0 Å². The number of alkyl halides is 2. The molecule has 0 aromatic rings. The van der Waals surface area contributed by atoms with Gasteiger partial charge in [-0.05, 0) is 27.7 Å². The van der Waals surface area contributed by atoms with Gasteiger partial charge in [0, 0.05) is 18.7 Å². The lowest BCUT2D eigenvalue weighted by Crippen LogP contribution is -2.41. The Labute approximate surface area is 89.5 Å². The van der Waals surface area contributed by atoms with Crippen molar-refractivity contribution in [1.82, 2.24) is 0 Å². The van der Waals surface area contributed by atoms with Crippen LogP contribution in [0, 0.1) is 0 Å². The molecule has 86 valence electrons. The molecule has 1 aliphatic carbocycles. The fraction of sp³-hybridized carbons (Fsp3) is 1.00. The van der Waals surface area contributed by atoms with Crippen LogP contribution in [-0.4, -0.2) is 24.2 Å². The second-order valence-electron chi connectivity index (χ2n) is 5.65. The van der Waals surface area contributed by atoms with Crippen molar-refractivity contribution in [2.45, 2.75) is 63.5 Å². The Hall–Kier alpha value is -0.155. The largest absolute Gasteiger partial charge is 0.461 e. The summed E-state index contributed by atoms with van der Waals surface area (Å²) in [5.41, 5.74) is -0.828. The van der Waals surface area contributed by atoms with Gasteiger partial charge in [0.2, 0.25) is 5.92 Å². The van der Waals surface area contributed by atoms with Crippen LogP contribution in [0.15, 0.2) is 0 Å². The van der Waals surface area contributed by atoms with E-state index in [2.05, 4.69) is 0 Å². The molecule has 0 aromatic carbocycles. The van der Waals surface area contributed by atoms with Gasteiger partial charge in [-0.1, -0.05) is 0 Å². The highest BCUT2D eigenvalue weighted by molar-refractivity contribution is 6.47. The second kappa shape index (κ2) is 2.95. The maximum absolute atomic E-state index is 12.7. The van der Waals surface area contributed by atoms with E-state index in [0.29, 0.717) is 0 Å². The van der Waals surface area contributed by atoms with E-state index in [4.69, 9.17) is 9.31 Å². The van der Waals surface area contributed by atoms with Crippen molar-refractivity contribution in [2.75, 3.05) is 0 Å². The summed E-state index contributed by atoms with van der Waals surface area (Å²) in [7, 11) is -0.463. The lowest BCUT2D eigenvalue weighted by atomic mass is 9.58. The molecule has 2 nitrogen and oxygen atoms in total. The quantitative estimate of drug-likeness (QED) is 0.630. The zero-order valence-electron chi connectivity index (χ0n) is 9.64. The van der Waals surface area contributed by atoms with Crippen LogP contribution < -0.4 is 0 Å². The van der Waals surface area contributed by atoms with E-state index in [1.165, 1.54) is 0 Å². The topological polar surface area (TPSA) is 18.5 Å². The van der Waals surface area contributed by atoms with Crippen molar-refractivity contribution in [3.63, 3.8) is 0 Å². The summed E-state index contributed by atoms with van der Waals surface area (Å²) < 4.78 is 36.8. The zero-order chi connectivity index (χ0) is 11.5. The van der Waals surface area contributed by atoms with E-state index in [1.807, 2.05) is 27.7 Å². The van der Waals surface area contributed by atoms with Crippen LogP contribution >= 0.6 is 0 Å². The summed E-state index contributed by atoms with van der Waals surface area (Å²) in [6.45, 7) is 7.74. The molecule has 0 N–H and O–H groups in total. The SMILES string of the molecule is CC1(C)OB(C2CC(F)(F)C2)OC1(C)C. The summed E-state index contributed by atoms with van der Waals surface area (Å²) in [6.07, 6.45) is -0.215. The highest BCUT2D eigenvalue weighted by atomic mass is 19.3. The Morgan fingerprint density at radius 2 is 1.40 bits per heavy atom. The van der Waals surface area contributed by atoms with Crippen molar-refractivity contribution in [3.05, 3.63) is 0 Å². The third kappa shape index (κ3) is 1.80. The third-order valence-electron chi connectivity index (χ3n) is 3.78. The molecule has 0 spiro atoms. The van der Waals surface area contributed by atoms with Crippen LogP contribution in [0.5, 0.6) is 0 Å². The lowest BCUT2D eigenvalue weighted by molar-refractivity contribution is -0.0778. The van der Waals surface area contributed by atoms with Crippen molar-refractivity contribution in [1.29, 1.82) is 0 Å². The summed E-state index contributed by atoms with van der Waals surface area (Å²) in [5.74, 6) is -2.66.